The molecular weight excluding hydrogens is 665 g/mol. The molecule has 0 fully saturated rings. The molecule has 55 heavy (non-hydrogen) atoms. The van der Waals surface area contributed by atoms with Crippen LogP contribution in [0.3, 0.4) is 0 Å². The van der Waals surface area contributed by atoms with Crippen LogP contribution in [0, 0.1) is 0 Å². The summed E-state index contributed by atoms with van der Waals surface area (Å²) in [6, 6.07) is 64.9. The lowest BCUT2D eigenvalue weighted by molar-refractivity contribution is 0.539. The fourth-order valence-corrected chi connectivity index (χ4v) is 12.2. The Labute approximate surface area is 318 Å². The average molecular weight is 699 g/mol. The topological polar surface area (TPSA) is 9.86 Å². The minimum atomic E-state index is -0.252. The van der Waals surface area contributed by atoms with Gasteiger partial charge in [-0.1, -0.05) is 140 Å². The number of rotatable bonds is 2. The van der Waals surface area contributed by atoms with Crippen molar-refractivity contribution in [3.05, 3.63) is 203 Å². The van der Waals surface area contributed by atoms with Crippen LogP contribution in [0.5, 0.6) is 0 Å². The predicted molar refractivity (Wildman–Crippen MR) is 226 cm³/mol. The number of fused-ring (bicyclic) bond motifs is 10. The highest BCUT2D eigenvalue weighted by atomic mass is 15.0. The van der Waals surface area contributed by atoms with E-state index < -0.39 is 0 Å². The summed E-state index contributed by atoms with van der Waals surface area (Å²) in [5.41, 5.74) is 21.5. The molecule has 2 aromatic heterocycles. The number of aromatic nitrogens is 2. The zero-order valence-corrected chi connectivity index (χ0v) is 30.2. The quantitative estimate of drug-likeness (QED) is 0.170. The van der Waals surface area contributed by atoms with Gasteiger partial charge >= 0.3 is 0 Å². The molecule has 0 radical (unpaired) electrons. The van der Waals surface area contributed by atoms with Crippen molar-refractivity contribution in [3.63, 3.8) is 0 Å². The van der Waals surface area contributed by atoms with E-state index in [1.54, 1.807) is 0 Å². The summed E-state index contributed by atoms with van der Waals surface area (Å²) >= 11 is 0. The average Bonchev–Trinajstić information content (AvgIpc) is 3.65. The summed E-state index contributed by atoms with van der Waals surface area (Å²) < 4.78 is 5.26. The third-order valence-corrected chi connectivity index (χ3v) is 14.2. The predicted octanol–water partition coefficient (Wildman–Crippen LogP) is 13.0. The molecule has 256 valence electrons. The highest BCUT2D eigenvalue weighted by Gasteiger charge is 2.59. The van der Waals surface area contributed by atoms with Gasteiger partial charge in [0, 0.05) is 32.4 Å². The molecule has 0 N–H and O–H groups in total. The Bertz CT molecular complexity index is 3120. The monoisotopic (exact) mass is 698 g/mol. The first-order valence-corrected chi connectivity index (χ1v) is 19.8. The van der Waals surface area contributed by atoms with Crippen LogP contribution in [0.15, 0.2) is 170 Å². The van der Waals surface area contributed by atoms with Crippen LogP contribution in [0.1, 0.15) is 52.6 Å². The molecular formula is C53H34N2. The van der Waals surface area contributed by atoms with Crippen LogP contribution in [0.2, 0.25) is 0 Å². The van der Waals surface area contributed by atoms with E-state index in [9.17, 15) is 0 Å². The van der Waals surface area contributed by atoms with Crippen molar-refractivity contribution >= 4 is 43.6 Å². The van der Waals surface area contributed by atoms with E-state index in [2.05, 4.69) is 179 Å². The second-order valence-electron chi connectivity index (χ2n) is 16.3. The summed E-state index contributed by atoms with van der Waals surface area (Å²) in [5, 5.41) is 5.35. The second kappa shape index (κ2) is 9.71. The van der Waals surface area contributed by atoms with Crippen LogP contribution in [0.25, 0.3) is 77.2 Å². The molecule has 2 heteroatoms. The van der Waals surface area contributed by atoms with Gasteiger partial charge in [0.05, 0.1) is 33.4 Å². The Morgan fingerprint density at radius 3 is 1.25 bits per heavy atom. The van der Waals surface area contributed by atoms with E-state index in [-0.39, 0.29) is 10.8 Å². The summed E-state index contributed by atoms with van der Waals surface area (Å²) in [5.74, 6) is 0. The van der Waals surface area contributed by atoms with Gasteiger partial charge in [-0.15, -0.1) is 0 Å². The molecule has 0 saturated carbocycles. The van der Waals surface area contributed by atoms with Crippen molar-refractivity contribution in [1.29, 1.82) is 0 Å². The Kier molecular flexibility index (Phi) is 5.09. The Morgan fingerprint density at radius 1 is 0.345 bits per heavy atom. The normalized spacial score (nSPS) is 19.6. The van der Waals surface area contributed by atoms with E-state index in [0.717, 1.165) is 19.3 Å². The molecule has 2 aliphatic heterocycles. The third kappa shape index (κ3) is 3.17. The van der Waals surface area contributed by atoms with E-state index in [1.807, 2.05) is 0 Å². The Balaban J connectivity index is 1.13. The molecule has 5 aliphatic rings. The summed E-state index contributed by atoms with van der Waals surface area (Å²) in [6.45, 7) is 0. The molecule has 0 saturated heterocycles. The Morgan fingerprint density at radius 2 is 0.782 bits per heavy atom. The van der Waals surface area contributed by atoms with Gasteiger partial charge < -0.3 is 9.13 Å². The molecule has 2 atom stereocenters. The van der Waals surface area contributed by atoms with Crippen LogP contribution in [-0.4, -0.2) is 9.13 Å². The van der Waals surface area contributed by atoms with Gasteiger partial charge in [0.1, 0.15) is 0 Å². The summed E-state index contributed by atoms with van der Waals surface area (Å²) in [6.07, 6.45) is 3.33. The van der Waals surface area contributed by atoms with Crippen molar-refractivity contribution in [1.82, 2.24) is 9.13 Å². The highest BCUT2D eigenvalue weighted by molar-refractivity contribution is 6.15. The lowest BCUT2D eigenvalue weighted by atomic mass is 9.53. The van der Waals surface area contributed by atoms with Gasteiger partial charge in [-0.05, 0) is 105 Å². The van der Waals surface area contributed by atoms with Gasteiger partial charge in [0.2, 0.25) is 0 Å². The first-order chi connectivity index (χ1) is 27.3. The molecule has 0 amide bonds. The zero-order chi connectivity index (χ0) is 35.6. The maximum absolute atomic E-state index is 2.63. The minimum absolute atomic E-state index is 0.252. The largest absolute Gasteiger partial charge is 0.309 e. The maximum Gasteiger partial charge on any atom is 0.0585 e. The number of benzene rings is 8. The Hall–Kier alpha value is -6.64. The fourth-order valence-electron chi connectivity index (χ4n) is 12.2. The summed E-state index contributed by atoms with van der Waals surface area (Å²) in [4.78, 5) is 0. The number of para-hydroxylation sites is 2. The molecule has 8 aromatic carbocycles. The van der Waals surface area contributed by atoms with Crippen molar-refractivity contribution in [2.75, 3.05) is 0 Å². The lowest BCUT2D eigenvalue weighted by Crippen LogP contribution is -2.45. The molecule has 2 bridgehead atoms. The van der Waals surface area contributed by atoms with Crippen molar-refractivity contribution < 1.29 is 0 Å². The molecule has 4 heterocycles. The highest BCUT2D eigenvalue weighted by Crippen LogP contribution is 2.68. The van der Waals surface area contributed by atoms with Gasteiger partial charge in [-0.2, -0.15) is 0 Å². The number of nitrogens with zero attached hydrogens (tertiary/aromatic N) is 2. The smallest absolute Gasteiger partial charge is 0.0585 e. The zero-order valence-electron chi connectivity index (χ0n) is 30.2. The van der Waals surface area contributed by atoms with Crippen LogP contribution >= 0.6 is 0 Å². The van der Waals surface area contributed by atoms with Crippen LogP contribution < -0.4 is 0 Å². The second-order valence-corrected chi connectivity index (χ2v) is 16.3. The first-order valence-electron chi connectivity index (χ1n) is 19.8. The first kappa shape index (κ1) is 28.8. The lowest BCUT2D eigenvalue weighted by Gasteiger charge is -2.52. The van der Waals surface area contributed by atoms with E-state index >= 15 is 0 Å². The van der Waals surface area contributed by atoms with E-state index in [1.165, 1.54) is 111 Å². The van der Waals surface area contributed by atoms with Crippen LogP contribution in [0.4, 0.5) is 0 Å². The molecule has 3 aliphatic carbocycles. The minimum Gasteiger partial charge on any atom is -0.309 e. The maximum atomic E-state index is 2.63. The van der Waals surface area contributed by atoms with Gasteiger partial charge in [-0.25, -0.2) is 0 Å². The van der Waals surface area contributed by atoms with Crippen molar-refractivity contribution in [2.24, 2.45) is 0 Å². The summed E-state index contributed by atoms with van der Waals surface area (Å²) in [7, 11) is 0. The number of hydrogen-bond acceptors (Lipinski definition) is 0. The van der Waals surface area contributed by atoms with Crippen LogP contribution in [-0.2, 0) is 10.8 Å². The molecule has 2 nitrogen and oxygen atoms in total. The standard InChI is InChI=1S/C53H34N2/c1-3-12-32(13-4-1)34-24-26-44-38(30-34)36-16-7-20-42-50(36)54(44)46-22-9-18-40-48(46)52(42)28-11-29-53(40)43-21-8-17-37-39-31-35(33-14-5-2-6-15-33)25-27-45(39)55(51(37)43)47-23-10-19-41(52)49(47)53/h1-10,12-27,30-31H,11,28-29H2. The van der Waals surface area contributed by atoms with Gasteiger partial charge in [-0.3, -0.25) is 0 Å². The SMILES string of the molecule is c1ccc(-c2ccc3c(c2)c2cccc4c2n3-c2cccc3c2C42CCCC34c3c(cccc32)-n2c3ccc(-c5ccccc5)cc3c3cccc4c32)cc1. The molecule has 10 aromatic rings. The molecule has 15 rings (SSSR count). The van der Waals surface area contributed by atoms with E-state index in [0.29, 0.717) is 0 Å². The van der Waals surface area contributed by atoms with Crippen molar-refractivity contribution in [3.8, 4) is 33.6 Å². The van der Waals surface area contributed by atoms with Gasteiger partial charge in [0.15, 0.2) is 0 Å². The van der Waals surface area contributed by atoms with Gasteiger partial charge in [0.25, 0.3) is 0 Å². The fraction of sp³-hybridized carbons (Fsp3) is 0.0943. The number of hydrogen-bond donors (Lipinski definition) is 0. The molecule has 2 spiro atoms. The third-order valence-electron chi connectivity index (χ3n) is 14.2. The molecule has 2 unspecified atom stereocenters. The van der Waals surface area contributed by atoms with Crippen molar-refractivity contribution in [2.45, 2.75) is 30.1 Å². The van der Waals surface area contributed by atoms with E-state index in [4.69, 9.17) is 0 Å².